The van der Waals surface area contributed by atoms with E-state index in [0.29, 0.717) is 37.4 Å². The molecule has 0 aromatic rings. The van der Waals surface area contributed by atoms with Crippen LogP contribution in [0.4, 0.5) is 0 Å². The Bertz CT molecular complexity index is 474. The predicted molar refractivity (Wildman–Crippen MR) is 137 cm³/mol. The summed E-state index contributed by atoms with van der Waals surface area (Å²) >= 11 is 0. The summed E-state index contributed by atoms with van der Waals surface area (Å²) in [5, 5.41) is 0. The number of fused-ring (bicyclic) bond motifs is 1. The molecule has 196 valence electrons. The summed E-state index contributed by atoms with van der Waals surface area (Å²) in [4.78, 5) is 0. The minimum absolute atomic E-state index is 0.287. The van der Waals surface area contributed by atoms with Gasteiger partial charge in [-0.05, 0) is 63.2 Å². The molecule has 4 nitrogen and oxygen atoms in total. The van der Waals surface area contributed by atoms with E-state index >= 15 is 0 Å². The number of ether oxygens (including phenoxy) is 4. The van der Waals surface area contributed by atoms with Crippen molar-refractivity contribution in [3.05, 3.63) is 0 Å². The van der Waals surface area contributed by atoms with Crippen LogP contribution in [0.15, 0.2) is 0 Å². The molecule has 1 aliphatic carbocycles. The van der Waals surface area contributed by atoms with Gasteiger partial charge in [-0.15, -0.1) is 0 Å². The zero-order chi connectivity index (χ0) is 24.0. The molecular weight excluding hydrogens is 412 g/mol. The Hall–Kier alpha value is -0.160. The minimum Gasteiger partial charge on any atom is -0.370 e. The first-order chi connectivity index (χ1) is 16.1. The Labute approximate surface area is 205 Å². The second-order valence-corrected chi connectivity index (χ2v) is 10.8. The Morgan fingerprint density at radius 3 is 1.91 bits per heavy atom. The highest BCUT2D eigenvalue weighted by atomic mass is 16.9. The molecule has 1 saturated carbocycles. The van der Waals surface area contributed by atoms with Gasteiger partial charge in [0.25, 0.3) is 5.97 Å². The van der Waals surface area contributed by atoms with E-state index in [9.17, 15) is 0 Å². The molecule has 0 radical (unpaired) electrons. The van der Waals surface area contributed by atoms with Crippen LogP contribution >= 0.6 is 0 Å². The molecule has 0 amide bonds. The first-order valence-corrected chi connectivity index (χ1v) is 14.7. The maximum Gasteiger partial charge on any atom is 0.285 e. The van der Waals surface area contributed by atoms with Crippen molar-refractivity contribution in [2.24, 2.45) is 11.3 Å². The number of hydrogen-bond acceptors (Lipinski definition) is 4. The molecule has 0 N–H and O–H groups in total. The van der Waals surface area contributed by atoms with E-state index in [-0.39, 0.29) is 5.92 Å². The average Bonchev–Trinajstić information content (AvgIpc) is 3.61. The molecule has 4 unspecified atom stereocenters. The van der Waals surface area contributed by atoms with E-state index in [0.717, 1.165) is 32.1 Å². The molecule has 4 atom stereocenters. The van der Waals surface area contributed by atoms with Crippen molar-refractivity contribution in [3.8, 4) is 0 Å². The normalized spacial score (nSPS) is 25.7. The zero-order valence-corrected chi connectivity index (χ0v) is 22.8. The van der Waals surface area contributed by atoms with Crippen molar-refractivity contribution in [2.75, 3.05) is 19.8 Å². The highest BCUT2D eigenvalue weighted by Crippen LogP contribution is 2.51. The van der Waals surface area contributed by atoms with Crippen molar-refractivity contribution in [2.45, 2.75) is 156 Å². The summed E-state index contributed by atoms with van der Waals surface area (Å²) in [6.07, 6.45) is 20.5. The van der Waals surface area contributed by atoms with Crippen LogP contribution in [0.3, 0.4) is 0 Å². The second kappa shape index (κ2) is 15.8. The number of hydrogen-bond donors (Lipinski definition) is 0. The van der Waals surface area contributed by atoms with E-state index in [1.165, 1.54) is 70.6 Å². The maximum absolute atomic E-state index is 6.51. The van der Waals surface area contributed by atoms with E-state index in [1.54, 1.807) is 0 Å². The van der Waals surface area contributed by atoms with Crippen LogP contribution < -0.4 is 0 Å². The lowest BCUT2D eigenvalue weighted by Gasteiger charge is -2.42. The third-order valence-electron chi connectivity index (χ3n) is 7.98. The van der Waals surface area contributed by atoms with Crippen LogP contribution in [0.2, 0.25) is 0 Å². The molecule has 0 spiro atoms. The summed E-state index contributed by atoms with van der Waals surface area (Å²) in [7, 11) is 0. The summed E-state index contributed by atoms with van der Waals surface area (Å²) < 4.78 is 25.4. The van der Waals surface area contributed by atoms with Gasteiger partial charge in [0.05, 0.1) is 32.0 Å². The number of unbranched alkanes of at least 4 members (excludes halogenated alkanes) is 5. The van der Waals surface area contributed by atoms with Crippen LogP contribution in [0.25, 0.3) is 0 Å². The maximum atomic E-state index is 6.51. The van der Waals surface area contributed by atoms with E-state index < -0.39 is 5.97 Å². The van der Waals surface area contributed by atoms with Crippen molar-refractivity contribution in [1.29, 1.82) is 0 Å². The first kappa shape index (κ1) is 29.1. The van der Waals surface area contributed by atoms with Gasteiger partial charge in [0.2, 0.25) is 0 Å². The van der Waals surface area contributed by atoms with Crippen molar-refractivity contribution >= 4 is 0 Å². The lowest BCUT2D eigenvalue weighted by Crippen LogP contribution is -2.48. The van der Waals surface area contributed by atoms with Gasteiger partial charge in [0, 0.05) is 5.92 Å². The Kier molecular flexibility index (Phi) is 13.9. The molecule has 4 heteroatoms. The quantitative estimate of drug-likeness (QED) is 0.0962. The lowest BCUT2D eigenvalue weighted by atomic mass is 9.68. The molecule has 2 aliphatic rings. The molecule has 0 bridgehead atoms. The largest absolute Gasteiger partial charge is 0.370 e. The van der Waals surface area contributed by atoms with Gasteiger partial charge < -0.3 is 18.9 Å². The van der Waals surface area contributed by atoms with Gasteiger partial charge in [-0.25, -0.2) is 0 Å². The van der Waals surface area contributed by atoms with E-state index in [1.807, 2.05) is 0 Å². The number of rotatable bonds is 21. The molecule has 33 heavy (non-hydrogen) atoms. The van der Waals surface area contributed by atoms with Crippen LogP contribution in [0.1, 0.15) is 137 Å². The van der Waals surface area contributed by atoms with Gasteiger partial charge >= 0.3 is 0 Å². The van der Waals surface area contributed by atoms with Gasteiger partial charge in [0.1, 0.15) is 0 Å². The average molecular weight is 469 g/mol. The van der Waals surface area contributed by atoms with Crippen molar-refractivity contribution in [3.63, 3.8) is 0 Å². The molecular formula is C29H56O4. The van der Waals surface area contributed by atoms with E-state index in [4.69, 9.17) is 18.9 Å². The molecule has 2 fully saturated rings. The summed E-state index contributed by atoms with van der Waals surface area (Å²) in [5.41, 5.74) is 0.420. The highest BCUT2D eigenvalue weighted by Gasteiger charge is 2.50. The summed E-state index contributed by atoms with van der Waals surface area (Å²) in [6.45, 7) is 13.3. The smallest absolute Gasteiger partial charge is 0.285 e. The van der Waals surface area contributed by atoms with Gasteiger partial charge in [-0.1, -0.05) is 79.6 Å². The van der Waals surface area contributed by atoms with Gasteiger partial charge in [-0.2, -0.15) is 0 Å². The molecule has 1 saturated heterocycles. The predicted octanol–water partition coefficient (Wildman–Crippen LogP) is 8.41. The molecule has 2 rings (SSSR count). The fourth-order valence-electron chi connectivity index (χ4n) is 5.68. The van der Waals surface area contributed by atoms with E-state index in [2.05, 4.69) is 34.6 Å². The monoisotopic (exact) mass is 468 g/mol. The zero-order valence-electron chi connectivity index (χ0n) is 22.8. The first-order valence-electron chi connectivity index (χ1n) is 14.7. The van der Waals surface area contributed by atoms with Crippen LogP contribution in [-0.4, -0.2) is 38.0 Å². The molecule has 1 heterocycles. The minimum atomic E-state index is -0.881. The van der Waals surface area contributed by atoms with Crippen LogP contribution in [0.5, 0.6) is 0 Å². The second-order valence-electron chi connectivity index (χ2n) is 10.8. The van der Waals surface area contributed by atoms with Gasteiger partial charge in [0.15, 0.2) is 0 Å². The van der Waals surface area contributed by atoms with Crippen molar-refractivity contribution in [1.82, 2.24) is 0 Å². The Morgan fingerprint density at radius 1 is 0.758 bits per heavy atom. The standard InChI is InChI=1S/C29H56O4/c1-6-11-12-13-14-15-16-25(17-19-28(10-5)20-18-26-27(24-28)33-26)29(30-21-7-2,31-22-8-3)32-23-9-4/h25-27H,6-24H2,1-5H3. The Morgan fingerprint density at radius 2 is 1.36 bits per heavy atom. The van der Waals surface area contributed by atoms with Crippen LogP contribution in [0, 0.1) is 11.3 Å². The third kappa shape index (κ3) is 9.43. The van der Waals surface area contributed by atoms with Gasteiger partial charge in [-0.3, -0.25) is 0 Å². The topological polar surface area (TPSA) is 40.2 Å². The lowest BCUT2D eigenvalue weighted by molar-refractivity contribution is -0.407. The summed E-state index contributed by atoms with van der Waals surface area (Å²) in [5.74, 6) is -0.595. The molecule has 0 aromatic carbocycles. The van der Waals surface area contributed by atoms with Crippen LogP contribution in [-0.2, 0) is 18.9 Å². The van der Waals surface area contributed by atoms with Crippen molar-refractivity contribution < 1.29 is 18.9 Å². The highest BCUT2D eigenvalue weighted by molar-refractivity contribution is 4.98. The summed E-state index contributed by atoms with van der Waals surface area (Å²) in [6, 6.07) is 0. The Balaban J connectivity index is 2.12. The molecule has 1 aliphatic heterocycles. The SMILES string of the molecule is CCCCCCCCC(CCC1(CC)CCC2OC2C1)C(OCCC)(OCCC)OCCC. The number of epoxide rings is 1. The third-order valence-corrected chi connectivity index (χ3v) is 7.98. The fourth-order valence-corrected chi connectivity index (χ4v) is 5.68. The molecule has 0 aromatic heterocycles. The fraction of sp³-hybridized carbons (Fsp3) is 1.00.